The van der Waals surface area contributed by atoms with Crippen molar-refractivity contribution in [1.29, 1.82) is 0 Å². The van der Waals surface area contributed by atoms with Gasteiger partial charge in [-0.15, -0.1) is 0 Å². The summed E-state index contributed by atoms with van der Waals surface area (Å²) < 4.78 is 25.3. The van der Waals surface area contributed by atoms with Gasteiger partial charge in [0, 0.05) is 25.6 Å². The summed E-state index contributed by atoms with van der Waals surface area (Å²) in [5, 5.41) is 0. The average molecular weight is 361 g/mol. The van der Waals surface area contributed by atoms with Crippen molar-refractivity contribution in [2.24, 2.45) is 11.8 Å². The summed E-state index contributed by atoms with van der Waals surface area (Å²) in [7, 11) is -3.07. The van der Waals surface area contributed by atoms with Crippen molar-refractivity contribution < 1.29 is 8.42 Å². The summed E-state index contributed by atoms with van der Waals surface area (Å²) in [6, 6.07) is 8.97. The zero-order valence-electron chi connectivity index (χ0n) is 15.0. The minimum Gasteiger partial charge on any atom is -0.303 e. The van der Waals surface area contributed by atoms with Gasteiger partial charge in [0.1, 0.15) is 0 Å². The molecule has 0 N–H and O–H groups in total. The Morgan fingerprint density at radius 1 is 1.08 bits per heavy atom. The van der Waals surface area contributed by atoms with Crippen LogP contribution in [0.15, 0.2) is 30.3 Å². The highest BCUT2D eigenvalue weighted by atomic mass is 32.2. The Kier molecular flexibility index (Phi) is 4.73. The predicted octanol–water partition coefficient (Wildman–Crippen LogP) is 2.62. The molecule has 0 saturated carbocycles. The Labute approximate surface area is 151 Å². The van der Waals surface area contributed by atoms with E-state index < -0.39 is 10.0 Å². The molecule has 0 amide bonds. The summed E-state index contributed by atoms with van der Waals surface area (Å²) >= 11 is 0. The SMILES string of the molecule is CS(=O)(=O)N1C[C@@H]2CC=C(c3ccc(CCN4CCCC4)cc3)[C@@H]2C1. The normalized spacial score (nSPS) is 27.6. The molecule has 4 nitrogen and oxygen atoms in total. The van der Waals surface area contributed by atoms with E-state index in [-0.39, 0.29) is 0 Å². The Morgan fingerprint density at radius 2 is 1.80 bits per heavy atom. The standard InChI is InChI=1S/C20H28N2O2S/c1-25(23,24)22-14-18-8-9-19(20(18)15-22)17-6-4-16(5-7-17)10-13-21-11-2-3-12-21/h4-7,9,18,20H,2-3,8,10-15H2,1H3/t18-,20+/m0/s1. The number of benzene rings is 1. The van der Waals surface area contributed by atoms with Crippen LogP contribution in [0.2, 0.25) is 0 Å². The molecule has 0 unspecified atom stereocenters. The molecular weight excluding hydrogens is 332 g/mol. The molecule has 136 valence electrons. The molecule has 1 aromatic rings. The molecule has 0 radical (unpaired) electrons. The summed E-state index contributed by atoms with van der Waals surface area (Å²) in [6.45, 7) is 5.00. The van der Waals surface area contributed by atoms with Crippen LogP contribution in [-0.4, -0.2) is 56.6 Å². The van der Waals surface area contributed by atoms with Crippen molar-refractivity contribution in [1.82, 2.24) is 9.21 Å². The number of nitrogens with zero attached hydrogens (tertiary/aromatic N) is 2. The second-order valence-corrected chi connectivity index (χ2v) is 9.82. The van der Waals surface area contributed by atoms with E-state index in [9.17, 15) is 8.42 Å². The van der Waals surface area contributed by atoms with Crippen LogP contribution in [0.25, 0.3) is 5.57 Å². The molecule has 2 aliphatic heterocycles. The van der Waals surface area contributed by atoms with E-state index in [0.29, 0.717) is 24.9 Å². The lowest BCUT2D eigenvalue weighted by Gasteiger charge is -2.16. The van der Waals surface area contributed by atoms with Gasteiger partial charge in [-0.1, -0.05) is 30.3 Å². The quantitative estimate of drug-likeness (QED) is 0.810. The molecule has 4 rings (SSSR count). The van der Waals surface area contributed by atoms with Gasteiger partial charge in [-0.05, 0) is 61.4 Å². The van der Waals surface area contributed by atoms with Gasteiger partial charge in [-0.3, -0.25) is 0 Å². The van der Waals surface area contributed by atoms with Gasteiger partial charge in [-0.2, -0.15) is 0 Å². The van der Waals surface area contributed by atoms with Crippen molar-refractivity contribution in [2.45, 2.75) is 25.7 Å². The lowest BCUT2D eigenvalue weighted by atomic mass is 9.90. The highest BCUT2D eigenvalue weighted by Crippen LogP contribution is 2.43. The van der Waals surface area contributed by atoms with E-state index >= 15 is 0 Å². The Bertz CT molecular complexity index is 748. The van der Waals surface area contributed by atoms with E-state index in [1.54, 1.807) is 4.31 Å². The Hall–Kier alpha value is -1.17. The first-order valence-corrected chi connectivity index (χ1v) is 11.3. The molecule has 1 aliphatic carbocycles. The van der Waals surface area contributed by atoms with Gasteiger partial charge < -0.3 is 4.90 Å². The third-order valence-corrected chi connectivity index (χ3v) is 7.36. The largest absolute Gasteiger partial charge is 0.303 e. The van der Waals surface area contributed by atoms with Crippen LogP contribution < -0.4 is 0 Å². The second kappa shape index (κ2) is 6.86. The van der Waals surface area contributed by atoms with Crippen molar-refractivity contribution in [2.75, 3.05) is 39.0 Å². The molecule has 2 fully saturated rings. The topological polar surface area (TPSA) is 40.6 Å². The average Bonchev–Trinajstić information content (AvgIpc) is 3.29. The smallest absolute Gasteiger partial charge is 0.211 e. The molecule has 0 aromatic heterocycles. The Morgan fingerprint density at radius 3 is 2.48 bits per heavy atom. The first kappa shape index (κ1) is 17.3. The van der Waals surface area contributed by atoms with Crippen LogP contribution in [0.4, 0.5) is 0 Å². The van der Waals surface area contributed by atoms with Gasteiger partial charge in [0.15, 0.2) is 0 Å². The summed E-state index contributed by atoms with van der Waals surface area (Å²) in [6.07, 6.45) is 8.47. The second-order valence-electron chi connectivity index (χ2n) is 7.84. The number of sulfonamides is 1. The number of hydrogen-bond acceptors (Lipinski definition) is 3. The lowest BCUT2D eigenvalue weighted by Crippen LogP contribution is -2.28. The van der Waals surface area contributed by atoms with Crippen molar-refractivity contribution in [3.63, 3.8) is 0 Å². The first-order chi connectivity index (χ1) is 12.0. The highest BCUT2D eigenvalue weighted by molar-refractivity contribution is 7.88. The third kappa shape index (κ3) is 3.69. The molecule has 1 aromatic carbocycles. The fraction of sp³-hybridized carbons (Fsp3) is 0.600. The van der Waals surface area contributed by atoms with Crippen LogP contribution in [0, 0.1) is 11.8 Å². The van der Waals surface area contributed by atoms with E-state index in [0.717, 1.165) is 19.4 Å². The number of hydrogen-bond donors (Lipinski definition) is 0. The first-order valence-electron chi connectivity index (χ1n) is 9.47. The van der Waals surface area contributed by atoms with Crippen LogP contribution in [0.5, 0.6) is 0 Å². The molecule has 0 bridgehead atoms. The van der Waals surface area contributed by atoms with Gasteiger partial charge in [0.05, 0.1) is 6.26 Å². The third-order valence-electron chi connectivity index (χ3n) is 6.12. The lowest BCUT2D eigenvalue weighted by molar-refractivity contribution is 0.343. The zero-order valence-corrected chi connectivity index (χ0v) is 15.8. The molecule has 0 spiro atoms. The van der Waals surface area contributed by atoms with Crippen molar-refractivity contribution >= 4 is 15.6 Å². The number of likely N-dealkylation sites (tertiary alicyclic amines) is 1. The van der Waals surface area contributed by atoms with Gasteiger partial charge >= 0.3 is 0 Å². The van der Waals surface area contributed by atoms with Crippen LogP contribution in [0.1, 0.15) is 30.4 Å². The maximum atomic E-state index is 11.8. The van der Waals surface area contributed by atoms with Crippen molar-refractivity contribution in [3.05, 3.63) is 41.5 Å². The summed E-state index contributed by atoms with van der Waals surface area (Å²) in [4.78, 5) is 2.55. The Balaban J connectivity index is 1.40. The minimum atomic E-state index is -3.07. The van der Waals surface area contributed by atoms with E-state index in [1.807, 2.05) is 0 Å². The number of allylic oxidation sites excluding steroid dienone is 1. The molecule has 2 saturated heterocycles. The van der Waals surface area contributed by atoms with Crippen LogP contribution in [0.3, 0.4) is 0 Å². The highest BCUT2D eigenvalue weighted by Gasteiger charge is 2.41. The number of rotatable bonds is 5. The molecule has 3 aliphatic rings. The molecule has 25 heavy (non-hydrogen) atoms. The maximum absolute atomic E-state index is 11.8. The van der Waals surface area contributed by atoms with Crippen molar-refractivity contribution in [3.8, 4) is 0 Å². The molecule has 2 heterocycles. The predicted molar refractivity (Wildman–Crippen MR) is 102 cm³/mol. The van der Waals surface area contributed by atoms with Crippen LogP contribution in [-0.2, 0) is 16.4 Å². The monoisotopic (exact) mass is 360 g/mol. The van der Waals surface area contributed by atoms with Gasteiger partial charge in [0.25, 0.3) is 0 Å². The molecule has 5 heteroatoms. The fourth-order valence-corrected chi connectivity index (χ4v) is 5.51. The zero-order chi connectivity index (χ0) is 17.4. The van der Waals surface area contributed by atoms with Crippen LogP contribution >= 0.6 is 0 Å². The maximum Gasteiger partial charge on any atom is 0.211 e. The number of fused-ring (bicyclic) bond motifs is 1. The fourth-order valence-electron chi connectivity index (χ4n) is 4.61. The molecular formula is C20H28N2O2S. The van der Waals surface area contributed by atoms with E-state index in [2.05, 4.69) is 35.2 Å². The van der Waals surface area contributed by atoms with E-state index in [1.165, 1.54) is 48.9 Å². The minimum absolute atomic E-state index is 0.366. The molecule has 2 atom stereocenters. The summed E-state index contributed by atoms with van der Waals surface area (Å²) in [5.41, 5.74) is 4.02. The van der Waals surface area contributed by atoms with E-state index in [4.69, 9.17) is 0 Å². The van der Waals surface area contributed by atoms with Gasteiger partial charge in [0.2, 0.25) is 10.0 Å². The van der Waals surface area contributed by atoms with Gasteiger partial charge in [-0.25, -0.2) is 12.7 Å². The summed E-state index contributed by atoms with van der Waals surface area (Å²) in [5.74, 6) is 0.824.